The number of nitrogens with one attached hydrogen (secondary N) is 1. The van der Waals surface area contributed by atoms with Gasteiger partial charge in [-0.05, 0) is 37.5 Å². The van der Waals surface area contributed by atoms with Crippen LogP contribution in [0.1, 0.15) is 25.3 Å². The van der Waals surface area contributed by atoms with E-state index in [4.69, 9.17) is 5.73 Å². The first-order valence-corrected chi connectivity index (χ1v) is 8.25. The lowest BCUT2D eigenvalue weighted by molar-refractivity contribution is -0.139. The summed E-state index contributed by atoms with van der Waals surface area (Å²) in [5.41, 5.74) is 5.02. The highest BCUT2D eigenvalue weighted by Crippen LogP contribution is 2.29. The normalized spacial score (nSPS) is 25.7. The Bertz CT molecular complexity index is 714. The van der Waals surface area contributed by atoms with Crippen LogP contribution in [0.25, 0.3) is 0 Å². The fraction of sp³-hybridized carbons (Fsp3) is 0.471. The van der Waals surface area contributed by atoms with Gasteiger partial charge in [0.15, 0.2) is 0 Å². The highest BCUT2D eigenvalue weighted by atomic mass is 35.5. The molecule has 26 heavy (non-hydrogen) atoms. The Morgan fingerprint density at radius 3 is 2.62 bits per heavy atom. The summed E-state index contributed by atoms with van der Waals surface area (Å²) in [5, 5.41) is 2.60. The summed E-state index contributed by atoms with van der Waals surface area (Å²) in [4.78, 5) is 39.9. The maximum absolute atomic E-state index is 13.1. The molecule has 2 aliphatic rings. The predicted octanol–water partition coefficient (Wildman–Crippen LogP) is 0.964. The Kier molecular flexibility index (Phi) is 5.87. The third-order valence-electron chi connectivity index (χ3n) is 4.80. The zero-order chi connectivity index (χ0) is 18.2. The third-order valence-corrected chi connectivity index (χ3v) is 4.80. The molecule has 3 rings (SSSR count). The van der Waals surface area contributed by atoms with Crippen LogP contribution in [0.2, 0.25) is 0 Å². The highest BCUT2D eigenvalue weighted by molar-refractivity contribution is 6.09. The average Bonchev–Trinajstić information content (AvgIpc) is 2.79. The Morgan fingerprint density at radius 2 is 2.00 bits per heavy atom. The minimum absolute atomic E-state index is 0. The van der Waals surface area contributed by atoms with Crippen LogP contribution in [0.5, 0.6) is 0 Å². The molecule has 9 heteroatoms. The number of halogens is 2. The largest absolute Gasteiger partial charge is 0.340 e. The van der Waals surface area contributed by atoms with E-state index in [1.165, 1.54) is 24.3 Å². The number of hydrogen-bond donors (Lipinski definition) is 2. The van der Waals surface area contributed by atoms with Crippen molar-refractivity contribution in [1.82, 2.24) is 15.1 Å². The first-order valence-electron chi connectivity index (χ1n) is 8.25. The molecule has 7 nitrogen and oxygen atoms in total. The van der Waals surface area contributed by atoms with Crippen molar-refractivity contribution in [3.63, 3.8) is 0 Å². The maximum Gasteiger partial charge on any atom is 0.325 e. The first kappa shape index (κ1) is 20.1. The molecular weight excluding hydrogens is 363 g/mol. The van der Waals surface area contributed by atoms with Crippen LogP contribution >= 0.6 is 12.4 Å². The number of piperidine rings is 1. The second-order valence-corrected chi connectivity index (χ2v) is 6.70. The molecule has 0 saturated carbocycles. The molecule has 0 radical (unpaired) electrons. The van der Waals surface area contributed by atoms with Gasteiger partial charge in [0.25, 0.3) is 5.91 Å². The van der Waals surface area contributed by atoms with Crippen molar-refractivity contribution in [3.8, 4) is 0 Å². The first-order chi connectivity index (χ1) is 11.8. The van der Waals surface area contributed by atoms with Gasteiger partial charge in [0.2, 0.25) is 5.91 Å². The molecule has 3 N–H and O–H groups in total. The van der Waals surface area contributed by atoms with Crippen LogP contribution in [-0.4, -0.2) is 53.3 Å². The SMILES string of the molecule is CC1(c2ccc(F)cc2)NC(=O)N(CC(=O)N2CCCC(N)C2)C1=O.Cl. The Balaban J connectivity index is 0.00000243. The summed E-state index contributed by atoms with van der Waals surface area (Å²) >= 11 is 0. The van der Waals surface area contributed by atoms with Crippen molar-refractivity contribution in [2.24, 2.45) is 5.73 Å². The smallest absolute Gasteiger partial charge is 0.325 e. The molecule has 1 aromatic carbocycles. The Labute approximate surface area is 157 Å². The van der Waals surface area contributed by atoms with E-state index < -0.39 is 23.3 Å². The maximum atomic E-state index is 13.1. The standard InChI is InChI=1S/C17H21FN4O3.ClH/c1-17(11-4-6-12(18)7-5-11)15(24)22(16(25)20-17)10-14(23)21-8-2-3-13(19)9-21;/h4-7,13H,2-3,8-10,19H2,1H3,(H,20,25);1H. The number of amides is 4. The number of benzene rings is 1. The van der Waals surface area contributed by atoms with Crippen LogP contribution < -0.4 is 11.1 Å². The molecule has 2 saturated heterocycles. The van der Waals surface area contributed by atoms with Gasteiger partial charge in [0.05, 0.1) is 0 Å². The van der Waals surface area contributed by atoms with E-state index in [-0.39, 0.29) is 30.9 Å². The molecule has 142 valence electrons. The number of nitrogens with zero attached hydrogens (tertiary/aromatic N) is 2. The van der Waals surface area contributed by atoms with E-state index >= 15 is 0 Å². The summed E-state index contributed by atoms with van der Waals surface area (Å²) in [7, 11) is 0. The molecule has 2 heterocycles. The monoisotopic (exact) mass is 384 g/mol. The molecule has 2 aliphatic heterocycles. The second kappa shape index (κ2) is 7.59. The van der Waals surface area contributed by atoms with E-state index in [1.54, 1.807) is 11.8 Å². The molecule has 2 fully saturated rings. The number of nitrogens with two attached hydrogens (primary N) is 1. The summed E-state index contributed by atoms with van der Waals surface area (Å²) in [6.45, 7) is 2.22. The van der Waals surface area contributed by atoms with Crippen LogP contribution in [0.4, 0.5) is 9.18 Å². The van der Waals surface area contributed by atoms with Crippen molar-refractivity contribution in [2.75, 3.05) is 19.6 Å². The minimum Gasteiger partial charge on any atom is -0.340 e. The topological polar surface area (TPSA) is 95.7 Å². The number of imide groups is 1. The fourth-order valence-corrected chi connectivity index (χ4v) is 3.29. The van der Waals surface area contributed by atoms with Gasteiger partial charge >= 0.3 is 6.03 Å². The van der Waals surface area contributed by atoms with Crippen molar-refractivity contribution < 1.29 is 18.8 Å². The van der Waals surface area contributed by atoms with Gasteiger partial charge in [0.1, 0.15) is 17.9 Å². The van der Waals surface area contributed by atoms with Crippen LogP contribution in [0.15, 0.2) is 24.3 Å². The number of urea groups is 1. The van der Waals surface area contributed by atoms with Gasteiger partial charge in [-0.15, -0.1) is 12.4 Å². The quantitative estimate of drug-likeness (QED) is 0.759. The van der Waals surface area contributed by atoms with Gasteiger partial charge in [-0.1, -0.05) is 12.1 Å². The summed E-state index contributed by atoms with van der Waals surface area (Å²) < 4.78 is 13.1. The Morgan fingerprint density at radius 1 is 1.35 bits per heavy atom. The molecular formula is C17H22ClFN4O3. The van der Waals surface area contributed by atoms with Crippen molar-refractivity contribution in [3.05, 3.63) is 35.6 Å². The van der Waals surface area contributed by atoms with Gasteiger partial charge in [-0.25, -0.2) is 9.18 Å². The van der Waals surface area contributed by atoms with Crippen molar-refractivity contribution in [2.45, 2.75) is 31.3 Å². The van der Waals surface area contributed by atoms with Crippen molar-refractivity contribution in [1.29, 1.82) is 0 Å². The van der Waals surface area contributed by atoms with Gasteiger partial charge in [0, 0.05) is 19.1 Å². The molecule has 2 atom stereocenters. The van der Waals surface area contributed by atoms with Gasteiger partial charge in [-0.3, -0.25) is 14.5 Å². The predicted molar refractivity (Wildman–Crippen MR) is 95.0 cm³/mol. The van der Waals surface area contributed by atoms with Crippen LogP contribution in [-0.2, 0) is 15.1 Å². The summed E-state index contributed by atoms with van der Waals surface area (Å²) in [5.74, 6) is -1.27. The molecule has 2 unspecified atom stereocenters. The lowest BCUT2D eigenvalue weighted by Crippen LogP contribution is -2.50. The highest BCUT2D eigenvalue weighted by Gasteiger charge is 2.49. The average molecular weight is 385 g/mol. The van der Waals surface area contributed by atoms with E-state index in [0.717, 1.165) is 17.7 Å². The van der Waals surface area contributed by atoms with Crippen molar-refractivity contribution >= 4 is 30.3 Å². The fourth-order valence-electron chi connectivity index (χ4n) is 3.29. The van der Waals surface area contributed by atoms with Gasteiger partial charge < -0.3 is 16.0 Å². The molecule has 0 bridgehead atoms. The van der Waals surface area contributed by atoms with Gasteiger partial charge in [-0.2, -0.15) is 0 Å². The number of carbonyl (C=O) groups is 3. The third kappa shape index (κ3) is 3.66. The number of hydrogen-bond acceptors (Lipinski definition) is 4. The Hall–Kier alpha value is -2.19. The van der Waals surface area contributed by atoms with E-state index in [0.29, 0.717) is 18.7 Å². The molecule has 1 aromatic rings. The minimum atomic E-state index is -1.32. The molecule has 4 amide bonds. The van der Waals surface area contributed by atoms with Crippen LogP contribution in [0.3, 0.4) is 0 Å². The summed E-state index contributed by atoms with van der Waals surface area (Å²) in [6.07, 6.45) is 1.66. The summed E-state index contributed by atoms with van der Waals surface area (Å²) in [6, 6.07) is 4.63. The molecule has 0 spiro atoms. The number of carbonyl (C=O) groups excluding carboxylic acids is 3. The lowest BCUT2D eigenvalue weighted by Gasteiger charge is -2.31. The van der Waals surface area contributed by atoms with E-state index in [1.807, 2.05) is 0 Å². The molecule has 0 aliphatic carbocycles. The number of likely N-dealkylation sites (tertiary alicyclic amines) is 1. The zero-order valence-corrected chi connectivity index (χ0v) is 15.2. The van der Waals surface area contributed by atoms with E-state index in [2.05, 4.69) is 5.32 Å². The number of rotatable bonds is 3. The lowest BCUT2D eigenvalue weighted by atomic mass is 9.92. The zero-order valence-electron chi connectivity index (χ0n) is 14.4. The van der Waals surface area contributed by atoms with E-state index in [9.17, 15) is 18.8 Å². The second-order valence-electron chi connectivity index (χ2n) is 6.70. The van der Waals surface area contributed by atoms with Crippen LogP contribution in [0, 0.1) is 5.82 Å². The molecule has 0 aromatic heterocycles.